The van der Waals surface area contributed by atoms with Gasteiger partial charge in [-0.25, -0.2) is 13.2 Å². The predicted octanol–water partition coefficient (Wildman–Crippen LogP) is 4.19. The molecule has 4 heteroatoms. The van der Waals surface area contributed by atoms with Crippen LogP contribution in [-0.4, -0.2) is 6.54 Å². The number of anilines is 1. The fourth-order valence-electron chi connectivity index (χ4n) is 2.64. The molecule has 0 aliphatic carbocycles. The SMILES string of the molecule is Fc1cccc(CC(F)c2cccc3c2NCC3)c1F. The molecule has 2 aromatic rings. The molecule has 0 amide bonds. The molecule has 0 saturated carbocycles. The summed E-state index contributed by atoms with van der Waals surface area (Å²) in [4.78, 5) is 0. The second-order valence-corrected chi connectivity index (χ2v) is 4.94. The van der Waals surface area contributed by atoms with E-state index in [2.05, 4.69) is 5.32 Å². The van der Waals surface area contributed by atoms with E-state index >= 15 is 0 Å². The molecule has 1 unspecified atom stereocenters. The molecule has 0 saturated heterocycles. The third-order valence-electron chi connectivity index (χ3n) is 3.65. The molecular formula is C16H14F3N. The number of hydrogen-bond acceptors (Lipinski definition) is 1. The number of hydrogen-bond donors (Lipinski definition) is 1. The Morgan fingerprint density at radius 1 is 1.10 bits per heavy atom. The zero-order valence-electron chi connectivity index (χ0n) is 10.8. The molecule has 1 aliphatic heterocycles. The molecule has 1 N–H and O–H groups in total. The van der Waals surface area contributed by atoms with Gasteiger partial charge >= 0.3 is 0 Å². The van der Waals surface area contributed by atoms with E-state index in [9.17, 15) is 13.2 Å². The van der Waals surface area contributed by atoms with Crippen LogP contribution in [0.2, 0.25) is 0 Å². The van der Waals surface area contributed by atoms with Gasteiger partial charge in [0.1, 0.15) is 6.17 Å². The molecule has 2 aromatic carbocycles. The Labute approximate surface area is 115 Å². The second kappa shape index (κ2) is 5.19. The lowest BCUT2D eigenvalue weighted by atomic mass is 9.98. The van der Waals surface area contributed by atoms with Crippen molar-refractivity contribution in [2.75, 3.05) is 11.9 Å². The van der Waals surface area contributed by atoms with Crippen molar-refractivity contribution in [3.05, 3.63) is 64.7 Å². The highest BCUT2D eigenvalue weighted by molar-refractivity contribution is 5.62. The molecule has 0 spiro atoms. The molecule has 20 heavy (non-hydrogen) atoms. The lowest BCUT2D eigenvalue weighted by Gasteiger charge is -2.14. The maximum Gasteiger partial charge on any atom is 0.162 e. The monoisotopic (exact) mass is 277 g/mol. The highest BCUT2D eigenvalue weighted by Crippen LogP contribution is 2.34. The number of halogens is 3. The van der Waals surface area contributed by atoms with Crippen LogP contribution in [0.25, 0.3) is 0 Å². The Balaban J connectivity index is 1.89. The molecule has 3 rings (SSSR count). The van der Waals surface area contributed by atoms with Gasteiger partial charge in [-0.05, 0) is 23.6 Å². The summed E-state index contributed by atoms with van der Waals surface area (Å²) in [5, 5.41) is 3.15. The minimum Gasteiger partial charge on any atom is -0.384 e. The van der Waals surface area contributed by atoms with Crippen molar-refractivity contribution in [1.82, 2.24) is 0 Å². The van der Waals surface area contributed by atoms with Crippen LogP contribution in [0, 0.1) is 11.6 Å². The lowest BCUT2D eigenvalue weighted by Crippen LogP contribution is -2.04. The summed E-state index contributed by atoms with van der Waals surface area (Å²) in [5.74, 6) is -1.90. The molecule has 0 aromatic heterocycles. The first-order valence-corrected chi connectivity index (χ1v) is 6.59. The second-order valence-electron chi connectivity index (χ2n) is 4.94. The van der Waals surface area contributed by atoms with Gasteiger partial charge in [-0.1, -0.05) is 30.3 Å². The molecule has 1 heterocycles. The van der Waals surface area contributed by atoms with Crippen LogP contribution < -0.4 is 5.32 Å². The lowest BCUT2D eigenvalue weighted by molar-refractivity contribution is 0.337. The van der Waals surface area contributed by atoms with Crippen LogP contribution in [-0.2, 0) is 12.8 Å². The normalized spacial score (nSPS) is 14.8. The largest absolute Gasteiger partial charge is 0.384 e. The van der Waals surface area contributed by atoms with E-state index in [1.807, 2.05) is 6.07 Å². The molecule has 0 fully saturated rings. The Morgan fingerprint density at radius 2 is 1.90 bits per heavy atom. The highest BCUT2D eigenvalue weighted by Gasteiger charge is 2.21. The quantitative estimate of drug-likeness (QED) is 0.887. The van der Waals surface area contributed by atoms with Gasteiger partial charge in [-0.2, -0.15) is 0 Å². The highest BCUT2D eigenvalue weighted by atomic mass is 19.2. The van der Waals surface area contributed by atoms with Gasteiger partial charge < -0.3 is 5.32 Å². The van der Waals surface area contributed by atoms with Crippen LogP contribution in [0.4, 0.5) is 18.9 Å². The molecule has 0 bridgehead atoms. The summed E-state index contributed by atoms with van der Waals surface area (Å²) < 4.78 is 41.2. The van der Waals surface area contributed by atoms with Crippen molar-refractivity contribution in [1.29, 1.82) is 0 Å². The molecule has 0 radical (unpaired) electrons. The Morgan fingerprint density at radius 3 is 2.75 bits per heavy atom. The van der Waals surface area contributed by atoms with Crippen molar-refractivity contribution < 1.29 is 13.2 Å². The summed E-state index contributed by atoms with van der Waals surface area (Å²) >= 11 is 0. The number of rotatable bonds is 3. The van der Waals surface area contributed by atoms with E-state index < -0.39 is 17.8 Å². The van der Waals surface area contributed by atoms with Gasteiger partial charge in [0.2, 0.25) is 0 Å². The number of para-hydroxylation sites is 1. The summed E-state index contributed by atoms with van der Waals surface area (Å²) in [6.07, 6.45) is -0.654. The topological polar surface area (TPSA) is 12.0 Å². The van der Waals surface area contributed by atoms with E-state index in [0.717, 1.165) is 30.3 Å². The Kier molecular flexibility index (Phi) is 3.38. The fraction of sp³-hybridized carbons (Fsp3) is 0.250. The van der Waals surface area contributed by atoms with E-state index in [1.165, 1.54) is 12.1 Å². The molecule has 104 valence electrons. The third-order valence-corrected chi connectivity index (χ3v) is 3.65. The van der Waals surface area contributed by atoms with Crippen molar-refractivity contribution >= 4 is 5.69 Å². The first-order valence-electron chi connectivity index (χ1n) is 6.59. The van der Waals surface area contributed by atoms with Crippen molar-refractivity contribution in [3.63, 3.8) is 0 Å². The minimum absolute atomic E-state index is 0.0631. The van der Waals surface area contributed by atoms with E-state index in [4.69, 9.17) is 0 Å². The van der Waals surface area contributed by atoms with Crippen molar-refractivity contribution in [2.24, 2.45) is 0 Å². The van der Waals surface area contributed by atoms with E-state index in [0.29, 0.717) is 5.56 Å². The van der Waals surface area contributed by atoms with Gasteiger partial charge in [0, 0.05) is 24.2 Å². The number of nitrogens with one attached hydrogen (secondary N) is 1. The Bertz CT molecular complexity index is 640. The van der Waals surface area contributed by atoms with Gasteiger partial charge in [0.05, 0.1) is 0 Å². The van der Waals surface area contributed by atoms with Crippen LogP contribution in [0.3, 0.4) is 0 Å². The molecule has 1 atom stereocenters. The molecular weight excluding hydrogens is 263 g/mol. The zero-order chi connectivity index (χ0) is 14.1. The van der Waals surface area contributed by atoms with Gasteiger partial charge in [-0.3, -0.25) is 0 Å². The first-order chi connectivity index (χ1) is 9.66. The average molecular weight is 277 g/mol. The van der Waals surface area contributed by atoms with Crippen molar-refractivity contribution in [2.45, 2.75) is 19.0 Å². The average Bonchev–Trinajstić information content (AvgIpc) is 2.92. The maximum atomic E-state index is 14.5. The number of fused-ring (bicyclic) bond motifs is 1. The number of benzene rings is 2. The van der Waals surface area contributed by atoms with E-state index in [1.54, 1.807) is 12.1 Å². The number of alkyl halides is 1. The fourth-order valence-corrected chi connectivity index (χ4v) is 2.64. The first kappa shape index (κ1) is 13.0. The maximum absolute atomic E-state index is 14.5. The summed E-state index contributed by atoms with van der Waals surface area (Å²) in [5.41, 5.74) is 2.46. The summed E-state index contributed by atoms with van der Waals surface area (Å²) in [6.45, 7) is 0.785. The summed E-state index contributed by atoms with van der Waals surface area (Å²) in [6, 6.07) is 9.30. The smallest absolute Gasteiger partial charge is 0.162 e. The van der Waals surface area contributed by atoms with Gasteiger partial charge in [0.25, 0.3) is 0 Å². The predicted molar refractivity (Wildman–Crippen MR) is 72.5 cm³/mol. The standard InChI is InChI=1S/C16H14F3N/c17-13-6-2-4-11(15(13)19)9-14(18)12-5-1-3-10-7-8-20-16(10)12/h1-6,14,20H,7-9H2. The minimum atomic E-state index is -1.35. The van der Waals surface area contributed by atoms with E-state index in [-0.39, 0.29) is 12.0 Å². The zero-order valence-corrected chi connectivity index (χ0v) is 10.8. The van der Waals surface area contributed by atoms with Gasteiger partial charge in [-0.15, -0.1) is 0 Å². The summed E-state index contributed by atoms with van der Waals surface area (Å²) in [7, 11) is 0. The van der Waals surface area contributed by atoms with Crippen LogP contribution >= 0.6 is 0 Å². The van der Waals surface area contributed by atoms with Crippen molar-refractivity contribution in [3.8, 4) is 0 Å². The van der Waals surface area contributed by atoms with Gasteiger partial charge in [0.15, 0.2) is 11.6 Å². The van der Waals surface area contributed by atoms with Crippen LogP contribution in [0.1, 0.15) is 22.9 Å². The van der Waals surface area contributed by atoms with Crippen LogP contribution in [0.5, 0.6) is 0 Å². The third kappa shape index (κ3) is 2.26. The Hall–Kier alpha value is -1.97. The van der Waals surface area contributed by atoms with Crippen LogP contribution in [0.15, 0.2) is 36.4 Å². The molecule has 1 aliphatic rings. The molecule has 1 nitrogen and oxygen atoms in total.